The molecule has 0 saturated heterocycles. The number of carbonyl (C=O) groups is 1. The Balaban J connectivity index is 1.11. The molecule has 1 heterocycles. The Morgan fingerprint density at radius 2 is 1.62 bits per heavy atom. The van der Waals surface area contributed by atoms with Crippen LogP contribution in [0.3, 0.4) is 0 Å². The highest BCUT2D eigenvalue weighted by Gasteiger charge is 2.16. The molecule has 0 unspecified atom stereocenters. The van der Waals surface area contributed by atoms with Crippen molar-refractivity contribution in [1.29, 1.82) is 0 Å². The highest BCUT2D eigenvalue weighted by molar-refractivity contribution is 9.10. The van der Waals surface area contributed by atoms with Gasteiger partial charge in [-0.2, -0.15) is 5.10 Å². The first-order valence-electron chi connectivity index (χ1n) is 21.0. The number of rotatable bonds is 19. The minimum Gasteiger partial charge on any atom is -0.491 e. The summed E-state index contributed by atoms with van der Waals surface area (Å²) in [6.07, 6.45) is 8.79. The molecule has 0 amide bonds. The van der Waals surface area contributed by atoms with Crippen LogP contribution in [0.5, 0.6) is 5.75 Å². The van der Waals surface area contributed by atoms with E-state index in [-0.39, 0.29) is 5.75 Å². The summed E-state index contributed by atoms with van der Waals surface area (Å²) < 4.78 is 44.2. The van der Waals surface area contributed by atoms with Gasteiger partial charge in [0.05, 0.1) is 34.7 Å². The molecule has 0 aliphatic carbocycles. The van der Waals surface area contributed by atoms with Gasteiger partial charge >= 0.3 is 5.97 Å². The topological polar surface area (TPSA) is 72.8 Å². The number of nitrogens with zero attached hydrogens (tertiary/aromatic N) is 2. The smallest absolute Gasteiger partial charge is 0.330 e. The Bertz CT molecular complexity index is 2810. The van der Waals surface area contributed by atoms with Crippen LogP contribution in [-0.2, 0) is 35.2 Å². The van der Waals surface area contributed by atoms with Gasteiger partial charge in [0.15, 0.2) is 11.6 Å². The second kappa shape index (κ2) is 21.5. The highest BCUT2D eigenvalue weighted by Crippen LogP contribution is 2.36. The number of halogens is 5. The highest BCUT2D eigenvalue weighted by atomic mass is 79.9. The zero-order chi connectivity index (χ0) is 44.5. The fourth-order valence-corrected chi connectivity index (χ4v) is 9.37. The van der Waals surface area contributed by atoms with Gasteiger partial charge in [-0.05, 0) is 154 Å². The van der Waals surface area contributed by atoms with E-state index in [0.717, 1.165) is 81.2 Å². The summed E-state index contributed by atoms with van der Waals surface area (Å²) in [7, 11) is 0. The van der Waals surface area contributed by atoms with Crippen molar-refractivity contribution in [3.05, 3.63) is 158 Å². The average Bonchev–Trinajstić information content (AvgIpc) is 3.71. The standard InChI is InChI=1S/C51H46BrCl2F2N3O3S/c1-4-32-16-22-47-50(38(32)5-2)58-51(63-47)59-57-30-37-26-33(34-15-21-46(45(56)28-34)61-23-9-7-8-10-24-62-48(60)6-3)13-19-39(37)36-27-43(53)41(44(55)29-36)18-12-31-11-17-40-35(25-31)14-20-42(52)49(40)54/h6,11,13-17,19-22,25-30H,3-5,7-10,12,18,23-24H2,1-2H3,(H,58,59)/b57-30+. The van der Waals surface area contributed by atoms with E-state index in [0.29, 0.717) is 69.0 Å². The Kier molecular flexibility index (Phi) is 15.7. The average molecular weight is 970 g/mol. The van der Waals surface area contributed by atoms with Crippen molar-refractivity contribution in [2.24, 2.45) is 5.10 Å². The van der Waals surface area contributed by atoms with Gasteiger partial charge in [0.25, 0.3) is 0 Å². The van der Waals surface area contributed by atoms with Gasteiger partial charge in [-0.15, -0.1) is 0 Å². The third-order valence-electron chi connectivity index (χ3n) is 11.0. The molecule has 7 rings (SSSR count). The van der Waals surface area contributed by atoms with Crippen molar-refractivity contribution in [2.45, 2.75) is 65.2 Å². The second-order valence-corrected chi connectivity index (χ2v) is 17.7. The fraction of sp³-hybridized carbons (Fsp3) is 0.235. The molecule has 324 valence electrons. The largest absolute Gasteiger partial charge is 0.491 e. The molecule has 1 N–H and O–H groups in total. The Hall–Kier alpha value is -5.13. The summed E-state index contributed by atoms with van der Waals surface area (Å²) in [5.74, 6) is -1.15. The van der Waals surface area contributed by atoms with E-state index >= 15 is 8.78 Å². The van der Waals surface area contributed by atoms with Crippen LogP contribution in [0, 0.1) is 11.6 Å². The molecule has 0 bridgehead atoms. The number of benzene rings is 6. The molecule has 0 radical (unpaired) electrons. The number of unbranched alkanes of at least 4 members (excludes halogenated alkanes) is 3. The zero-order valence-corrected chi connectivity index (χ0v) is 38.9. The summed E-state index contributed by atoms with van der Waals surface area (Å²) in [6.45, 7) is 8.37. The van der Waals surface area contributed by atoms with Gasteiger partial charge in [-0.25, -0.2) is 18.6 Å². The van der Waals surface area contributed by atoms with Crippen LogP contribution in [0.2, 0.25) is 10.0 Å². The molecule has 0 aliphatic rings. The molecule has 1 aromatic heterocycles. The van der Waals surface area contributed by atoms with Crippen molar-refractivity contribution in [3.8, 4) is 28.0 Å². The number of hydrazone groups is 1. The third kappa shape index (κ3) is 11.2. The minimum absolute atomic E-state index is 0.165. The number of hydrogen-bond acceptors (Lipinski definition) is 7. The number of nitrogens with one attached hydrogen (secondary N) is 1. The van der Waals surface area contributed by atoms with Crippen molar-refractivity contribution in [3.63, 3.8) is 0 Å². The minimum atomic E-state index is -0.483. The number of ether oxygens (including phenoxy) is 2. The van der Waals surface area contributed by atoms with Gasteiger partial charge in [-0.1, -0.05) is 103 Å². The van der Waals surface area contributed by atoms with Gasteiger partial charge in [0.2, 0.25) is 5.13 Å². The lowest BCUT2D eigenvalue weighted by atomic mass is 9.93. The molecule has 63 heavy (non-hydrogen) atoms. The maximum absolute atomic E-state index is 16.1. The Morgan fingerprint density at radius 3 is 2.38 bits per heavy atom. The van der Waals surface area contributed by atoms with E-state index in [1.807, 2.05) is 48.5 Å². The molecule has 0 saturated carbocycles. The number of anilines is 1. The van der Waals surface area contributed by atoms with E-state index < -0.39 is 17.6 Å². The summed E-state index contributed by atoms with van der Waals surface area (Å²) in [5.41, 5.74) is 11.4. The van der Waals surface area contributed by atoms with E-state index in [9.17, 15) is 4.79 Å². The van der Waals surface area contributed by atoms with Crippen LogP contribution in [-0.4, -0.2) is 30.4 Å². The predicted octanol–water partition coefficient (Wildman–Crippen LogP) is 15.2. The maximum atomic E-state index is 16.1. The van der Waals surface area contributed by atoms with Crippen LogP contribution >= 0.6 is 50.5 Å². The van der Waals surface area contributed by atoms with Crippen molar-refractivity contribution in [1.82, 2.24) is 4.98 Å². The van der Waals surface area contributed by atoms with Crippen LogP contribution in [0.25, 0.3) is 43.2 Å². The van der Waals surface area contributed by atoms with Gasteiger partial charge in [-0.3, -0.25) is 5.43 Å². The third-order valence-corrected chi connectivity index (χ3v) is 13.5. The first-order chi connectivity index (χ1) is 30.6. The van der Waals surface area contributed by atoms with Crippen LogP contribution < -0.4 is 10.2 Å². The molecule has 0 fully saturated rings. The first-order valence-corrected chi connectivity index (χ1v) is 23.3. The van der Waals surface area contributed by atoms with Crippen molar-refractivity contribution < 1.29 is 23.0 Å². The van der Waals surface area contributed by atoms with Crippen LogP contribution in [0.4, 0.5) is 13.9 Å². The number of carbonyl (C=O) groups excluding carboxylic acids is 1. The van der Waals surface area contributed by atoms with E-state index in [4.69, 9.17) is 37.7 Å². The summed E-state index contributed by atoms with van der Waals surface area (Å²) in [6, 6.07) is 28.1. The molecule has 6 aromatic carbocycles. The summed E-state index contributed by atoms with van der Waals surface area (Å²) in [5, 5.41) is 8.18. The fourth-order valence-electron chi connectivity index (χ4n) is 7.64. The van der Waals surface area contributed by atoms with Crippen LogP contribution in [0.15, 0.2) is 113 Å². The quantitative estimate of drug-likeness (QED) is 0.0287. The van der Waals surface area contributed by atoms with Crippen molar-refractivity contribution in [2.75, 3.05) is 18.6 Å². The molecule has 0 aliphatic heterocycles. The molecular weight excluding hydrogens is 923 g/mol. The number of fused-ring (bicyclic) bond motifs is 2. The van der Waals surface area contributed by atoms with E-state index in [1.165, 1.54) is 34.6 Å². The van der Waals surface area contributed by atoms with Gasteiger partial charge < -0.3 is 9.47 Å². The van der Waals surface area contributed by atoms with Gasteiger partial charge in [0.1, 0.15) is 5.82 Å². The molecule has 0 spiro atoms. The number of aromatic nitrogens is 1. The van der Waals surface area contributed by atoms with E-state index in [2.05, 4.69) is 65.1 Å². The van der Waals surface area contributed by atoms with Gasteiger partial charge in [0, 0.05) is 32.1 Å². The second-order valence-electron chi connectivity index (χ2n) is 15.1. The SMILES string of the molecule is C=CC(=O)OCCCCCCOc1ccc(-c2ccc(-c3cc(F)c(CCc4ccc5c(Cl)c(Br)ccc5c4)c(Cl)c3)c(/C=N/Nc3nc4c(CC)c(CC)ccc4s3)c2)cc1F. The molecule has 6 nitrogen and oxygen atoms in total. The molecule has 7 aromatic rings. The zero-order valence-electron chi connectivity index (χ0n) is 35.0. The first kappa shape index (κ1) is 45.9. The van der Waals surface area contributed by atoms with E-state index in [1.54, 1.807) is 18.3 Å². The maximum Gasteiger partial charge on any atom is 0.330 e. The monoisotopic (exact) mass is 967 g/mol. The number of aryl methyl sites for hydroxylation is 3. The normalized spacial score (nSPS) is 11.5. The lowest BCUT2D eigenvalue weighted by molar-refractivity contribution is -0.137. The van der Waals surface area contributed by atoms with Crippen molar-refractivity contribution >= 4 is 88.8 Å². The Morgan fingerprint density at radius 1 is 0.841 bits per heavy atom. The predicted molar refractivity (Wildman–Crippen MR) is 261 cm³/mol. The lowest BCUT2D eigenvalue weighted by Gasteiger charge is -2.14. The van der Waals surface area contributed by atoms with Crippen LogP contribution in [0.1, 0.15) is 67.3 Å². The Labute approximate surface area is 389 Å². The molecule has 0 atom stereocenters. The number of esters is 1. The lowest BCUT2D eigenvalue weighted by Crippen LogP contribution is -2.02. The number of thiazole rings is 1. The summed E-state index contributed by atoms with van der Waals surface area (Å²) >= 11 is 18.4. The summed E-state index contributed by atoms with van der Waals surface area (Å²) in [4.78, 5) is 16.1. The molecular formula is C51H46BrCl2F2N3O3S. The number of hydrogen-bond donors (Lipinski definition) is 1. The molecule has 12 heteroatoms.